The Bertz CT molecular complexity index is 1520. The van der Waals surface area contributed by atoms with E-state index in [4.69, 9.17) is 20.0 Å². The molecule has 1 N–H and O–H groups in total. The number of carbonyl (C=O) groups is 1. The second-order valence-corrected chi connectivity index (χ2v) is 7.98. The van der Waals surface area contributed by atoms with Crippen molar-refractivity contribution in [2.24, 2.45) is 0 Å². The quantitative estimate of drug-likeness (QED) is 0.203. The summed E-state index contributed by atoms with van der Waals surface area (Å²) in [5.74, 6) is -1.95. The van der Waals surface area contributed by atoms with E-state index in [0.717, 1.165) is 0 Å². The molecule has 0 bridgehead atoms. The normalized spacial score (nSPS) is 11.2. The van der Waals surface area contributed by atoms with E-state index < -0.39 is 23.9 Å². The van der Waals surface area contributed by atoms with Gasteiger partial charge in [-0.1, -0.05) is 12.1 Å². The molecule has 6 nitrogen and oxygen atoms in total. The van der Waals surface area contributed by atoms with E-state index in [9.17, 15) is 18.7 Å². The van der Waals surface area contributed by atoms with Crippen LogP contribution in [-0.2, 0) is 6.42 Å². The van der Waals surface area contributed by atoms with E-state index in [1.54, 1.807) is 6.07 Å². The van der Waals surface area contributed by atoms with Crippen LogP contribution in [0.25, 0.3) is 0 Å². The van der Waals surface area contributed by atoms with Crippen molar-refractivity contribution in [1.29, 1.82) is 10.5 Å². The van der Waals surface area contributed by atoms with E-state index in [-0.39, 0.29) is 29.0 Å². The summed E-state index contributed by atoms with van der Waals surface area (Å²) in [4.78, 5) is 12.3. The van der Waals surface area contributed by atoms with Crippen molar-refractivity contribution in [2.75, 3.05) is 0 Å². The fraction of sp³-hybridized carbons (Fsp3) is 0.0690. The number of ether oxygens (including phenoxy) is 2. The molecule has 0 saturated carbocycles. The largest absolute Gasteiger partial charge is 0.461 e. The molecule has 1 unspecified atom stereocenters. The number of nitriles is 2. The van der Waals surface area contributed by atoms with Crippen molar-refractivity contribution >= 4 is 5.97 Å². The first-order chi connectivity index (χ1) is 17.9. The number of aliphatic hydroxyl groups excluding tert-OH is 1. The average Bonchev–Trinajstić information content (AvgIpc) is 2.89. The molecule has 37 heavy (non-hydrogen) atoms. The first-order valence-corrected chi connectivity index (χ1v) is 11.0. The number of nitrogens with zero attached hydrogens (tertiary/aromatic N) is 2. The summed E-state index contributed by atoms with van der Waals surface area (Å²) in [6, 6.07) is 23.9. The summed E-state index contributed by atoms with van der Waals surface area (Å²) in [6.45, 7) is 0. The SMILES string of the molecule is N#Cc1ccc(OC(=O)c2ccc(Cc3ccc(C(O)Oc4ccc(C#N)cc4)c(F)c3)cc2F)cc1. The molecule has 0 amide bonds. The minimum absolute atomic E-state index is 0.0832. The van der Waals surface area contributed by atoms with Crippen LogP contribution in [0.5, 0.6) is 11.5 Å². The van der Waals surface area contributed by atoms with E-state index in [2.05, 4.69) is 0 Å². The zero-order chi connectivity index (χ0) is 26.4. The molecular weight excluding hydrogens is 478 g/mol. The predicted molar refractivity (Wildman–Crippen MR) is 128 cm³/mol. The van der Waals surface area contributed by atoms with Crippen LogP contribution in [-0.4, -0.2) is 11.1 Å². The van der Waals surface area contributed by atoms with Gasteiger partial charge in [0.05, 0.1) is 34.4 Å². The lowest BCUT2D eigenvalue weighted by Crippen LogP contribution is -2.11. The lowest BCUT2D eigenvalue weighted by Gasteiger charge is -2.15. The van der Waals surface area contributed by atoms with Gasteiger partial charge in [-0.2, -0.15) is 10.5 Å². The van der Waals surface area contributed by atoms with E-state index in [1.807, 2.05) is 12.1 Å². The number of aliphatic hydroxyl groups is 1. The van der Waals surface area contributed by atoms with Gasteiger partial charge in [0.25, 0.3) is 0 Å². The minimum atomic E-state index is -1.57. The summed E-state index contributed by atoms with van der Waals surface area (Å²) < 4.78 is 39.8. The summed E-state index contributed by atoms with van der Waals surface area (Å²) in [6.07, 6.45) is -1.40. The highest BCUT2D eigenvalue weighted by atomic mass is 19.1. The molecule has 0 aliphatic carbocycles. The predicted octanol–water partition coefficient (Wildman–Crippen LogP) is 5.59. The third-order valence-electron chi connectivity index (χ3n) is 5.42. The number of rotatable bonds is 7. The van der Waals surface area contributed by atoms with Gasteiger partial charge < -0.3 is 14.6 Å². The van der Waals surface area contributed by atoms with E-state index in [0.29, 0.717) is 22.3 Å². The van der Waals surface area contributed by atoms with Gasteiger partial charge >= 0.3 is 5.97 Å². The highest BCUT2D eigenvalue weighted by Crippen LogP contribution is 2.25. The van der Waals surface area contributed by atoms with Gasteiger partial charge in [-0.15, -0.1) is 0 Å². The topological polar surface area (TPSA) is 103 Å². The summed E-state index contributed by atoms with van der Waals surface area (Å²) in [5.41, 5.74) is 1.48. The first kappa shape index (κ1) is 25.1. The molecule has 8 heteroatoms. The molecule has 1 atom stereocenters. The van der Waals surface area contributed by atoms with Gasteiger partial charge in [0.1, 0.15) is 23.1 Å². The Morgan fingerprint density at radius 1 is 0.784 bits per heavy atom. The standard InChI is InChI=1S/C29H18F2N2O4/c30-26-14-20(5-11-24(26)28(34)36-22-7-1-18(16-32)2-8-22)13-21-6-12-25(27(31)15-21)29(35)37-23-9-3-19(17-33)4-10-23/h1-12,14-15,28,34H,13H2. The molecular formula is C29H18F2N2O4. The number of esters is 1. The van der Waals surface area contributed by atoms with Crippen molar-refractivity contribution < 1.29 is 28.2 Å². The molecule has 0 aliphatic rings. The maximum absolute atomic E-state index is 14.7. The molecule has 4 rings (SSSR count). The van der Waals surface area contributed by atoms with E-state index >= 15 is 0 Å². The zero-order valence-electron chi connectivity index (χ0n) is 19.2. The molecule has 0 radical (unpaired) electrons. The second-order valence-electron chi connectivity index (χ2n) is 7.98. The van der Waals surface area contributed by atoms with Gasteiger partial charge in [-0.05, 0) is 90.3 Å². The highest BCUT2D eigenvalue weighted by molar-refractivity contribution is 5.91. The average molecular weight is 496 g/mol. The van der Waals surface area contributed by atoms with Gasteiger partial charge in [-0.25, -0.2) is 13.6 Å². The Morgan fingerprint density at radius 3 is 1.86 bits per heavy atom. The Kier molecular flexibility index (Phi) is 7.53. The summed E-state index contributed by atoms with van der Waals surface area (Å²) in [5, 5.41) is 27.9. The Hall–Kier alpha value is -5.05. The van der Waals surface area contributed by atoms with E-state index in [1.165, 1.54) is 78.9 Å². The fourth-order valence-electron chi connectivity index (χ4n) is 3.51. The van der Waals surface area contributed by atoms with Gasteiger partial charge in [0.2, 0.25) is 6.29 Å². The third kappa shape index (κ3) is 6.15. The lowest BCUT2D eigenvalue weighted by molar-refractivity contribution is -0.0220. The molecule has 182 valence electrons. The maximum atomic E-state index is 14.7. The lowest BCUT2D eigenvalue weighted by atomic mass is 10.0. The Morgan fingerprint density at radius 2 is 1.32 bits per heavy atom. The number of hydrogen-bond donors (Lipinski definition) is 1. The molecule has 0 fully saturated rings. The number of benzene rings is 4. The molecule has 0 aromatic heterocycles. The zero-order valence-corrected chi connectivity index (χ0v) is 19.2. The van der Waals surface area contributed by atoms with Crippen molar-refractivity contribution in [1.82, 2.24) is 0 Å². The molecule has 4 aromatic carbocycles. The molecule has 0 heterocycles. The van der Waals surface area contributed by atoms with Crippen molar-refractivity contribution in [3.63, 3.8) is 0 Å². The Balaban J connectivity index is 1.41. The number of halogens is 2. The van der Waals surface area contributed by atoms with Crippen LogP contribution < -0.4 is 9.47 Å². The van der Waals surface area contributed by atoms with Crippen molar-refractivity contribution in [2.45, 2.75) is 12.7 Å². The monoisotopic (exact) mass is 496 g/mol. The number of hydrogen-bond acceptors (Lipinski definition) is 6. The van der Waals surface area contributed by atoms with Crippen molar-refractivity contribution in [3.8, 4) is 23.6 Å². The molecule has 0 aliphatic heterocycles. The second kappa shape index (κ2) is 11.1. The maximum Gasteiger partial charge on any atom is 0.346 e. The first-order valence-electron chi connectivity index (χ1n) is 11.0. The fourth-order valence-corrected chi connectivity index (χ4v) is 3.51. The van der Waals surface area contributed by atoms with Gasteiger partial charge in [-0.3, -0.25) is 0 Å². The molecule has 0 spiro atoms. The number of carbonyl (C=O) groups excluding carboxylic acids is 1. The van der Waals surface area contributed by atoms with Crippen LogP contribution in [0.1, 0.15) is 44.5 Å². The van der Waals surface area contributed by atoms with Crippen LogP contribution in [0.15, 0.2) is 84.9 Å². The van der Waals surface area contributed by atoms with Gasteiger partial charge in [0, 0.05) is 0 Å². The third-order valence-corrected chi connectivity index (χ3v) is 5.42. The summed E-state index contributed by atoms with van der Waals surface area (Å²) in [7, 11) is 0. The van der Waals surface area contributed by atoms with Crippen LogP contribution in [0.4, 0.5) is 8.78 Å². The highest BCUT2D eigenvalue weighted by Gasteiger charge is 2.17. The van der Waals surface area contributed by atoms with Crippen LogP contribution >= 0.6 is 0 Å². The van der Waals surface area contributed by atoms with Crippen LogP contribution in [0.2, 0.25) is 0 Å². The molecule has 4 aromatic rings. The molecule has 0 saturated heterocycles. The minimum Gasteiger partial charge on any atom is -0.461 e. The Labute approximate surface area is 211 Å². The summed E-state index contributed by atoms with van der Waals surface area (Å²) >= 11 is 0. The van der Waals surface area contributed by atoms with Crippen LogP contribution in [0.3, 0.4) is 0 Å². The van der Waals surface area contributed by atoms with Crippen LogP contribution in [0, 0.1) is 34.3 Å². The smallest absolute Gasteiger partial charge is 0.346 e. The van der Waals surface area contributed by atoms with Crippen molar-refractivity contribution in [3.05, 3.63) is 130 Å². The van der Waals surface area contributed by atoms with Gasteiger partial charge in [0.15, 0.2) is 0 Å².